The van der Waals surface area contributed by atoms with E-state index in [4.69, 9.17) is 0 Å². The van der Waals surface area contributed by atoms with Crippen LogP contribution in [0.2, 0.25) is 0 Å². The van der Waals surface area contributed by atoms with Crippen molar-refractivity contribution < 1.29 is 14.0 Å². The molecule has 0 radical (unpaired) electrons. The van der Waals surface area contributed by atoms with Crippen LogP contribution in [0.1, 0.15) is 21.6 Å². The van der Waals surface area contributed by atoms with E-state index in [1.165, 1.54) is 29.5 Å². The Morgan fingerprint density at radius 2 is 1.81 bits per heavy atom. The number of hydrazine groups is 1. The maximum atomic E-state index is 13.5. The van der Waals surface area contributed by atoms with Crippen molar-refractivity contribution >= 4 is 23.2 Å². The Bertz CT molecular complexity index is 938. The molecule has 7 heteroatoms. The lowest BCUT2D eigenvalue weighted by Crippen LogP contribution is -2.42. The lowest BCUT2D eigenvalue weighted by molar-refractivity contribution is -0.121. The molecule has 2 N–H and O–H groups in total. The third-order valence-corrected chi connectivity index (χ3v) is 4.57. The second kappa shape index (κ2) is 7.88. The maximum Gasteiger partial charge on any atom is 0.272 e. The normalized spacial score (nSPS) is 10.4. The van der Waals surface area contributed by atoms with Crippen molar-refractivity contribution in [2.24, 2.45) is 0 Å². The van der Waals surface area contributed by atoms with E-state index < -0.39 is 17.6 Å². The number of hydrogen-bond acceptors (Lipinski definition) is 4. The topological polar surface area (TPSA) is 71.1 Å². The van der Waals surface area contributed by atoms with Crippen molar-refractivity contribution in [3.05, 3.63) is 76.5 Å². The van der Waals surface area contributed by atoms with Crippen LogP contribution in [-0.2, 0) is 11.2 Å². The number of halogens is 1. The summed E-state index contributed by atoms with van der Waals surface area (Å²) in [5.41, 5.74) is 7.09. The van der Waals surface area contributed by atoms with Gasteiger partial charge in [-0.15, -0.1) is 11.3 Å². The summed E-state index contributed by atoms with van der Waals surface area (Å²) >= 11 is 1.45. The third-order valence-electron chi connectivity index (χ3n) is 3.63. The Labute approximate surface area is 153 Å². The number of hydrogen-bond donors (Lipinski definition) is 2. The van der Waals surface area contributed by atoms with Crippen molar-refractivity contribution in [3.8, 4) is 10.6 Å². The first kappa shape index (κ1) is 17.8. The quantitative estimate of drug-likeness (QED) is 0.694. The van der Waals surface area contributed by atoms with Gasteiger partial charge in [-0.2, -0.15) is 0 Å². The predicted molar refractivity (Wildman–Crippen MR) is 98.0 cm³/mol. The molecule has 1 heterocycles. The van der Waals surface area contributed by atoms with Crippen LogP contribution in [0.25, 0.3) is 10.6 Å². The fraction of sp³-hybridized carbons (Fsp3) is 0.105. The van der Waals surface area contributed by atoms with Gasteiger partial charge in [0.05, 0.1) is 17.7 Å². The molecule has 5 nitrogen and oxygen atoms in total. The molecule has 3 rings (SSSR count). The molecule has 2 amide bonds. The number of amides is 2. The van der Waals surface area contributed by atoms with E-state index in [2.05, 4.69) is 15.8 Å². The first-order chi connectivity index (χ1) is 12.5. The molecular weight excluding hydrogens is 353 g/mol. The lowest BCUT2D eigenvalue weighted by Gasteiger charge is -2.07. The Hall–Kier alpha value is -3.06. The number of aryl methyl sites for hydroxylation is 1. The number of carbonyl (C=O) groups is 2. The summed E-state index contributed by atoms with van der Waals surface area (Å²) in [5, 5.41) is 2.62. The van der Waals surface area contributed by atoms with Gasteiger partial charge in [0.15, 0.2) is 0 Å². The van der Waals surface area contributed by atoms with Gasteiger partial charge in [-0.25, -0.2) is 9.37 Å². The number of benzene rings is 2. The van der Waals surface area contributed by atoms with Gasteiger partial charge in [-0.05, 0) is 19.1 Å². The largest absolute Gasteiger partial charge is 0.273 e. The number of thiazole rings is 1. The highest BCUT2D eigenvalue weighted by Crippen LogP contribution is 2.24. The molecule has 0 spiro atoms. The second-order valence-electron chi connectivity index (χ2n) is 5.67. The fourth-order valence-corrected chi connectivity index (χ4v) is 3.09. The summed E-state index contributed by atoms with van der Waals surface area (Å²) in [6.45, 7) is 2.01. The molecule has 0 unspecified atom stereocenters. The summed E-state index contributed by atoms with van der Waals surface area (Å²) in [7, 11) is 0. The first-order valence-electron chi connectivity index (χ1n) is 7.88. The van der Waals surface area contributed by atoms with Crippen LogP contribution in [0.4, 0.5) is 4.39 Å². The average molecular weight is 369 g/mol. The Balaban J connectivity index is 1.56. The van der Waals surface area contributed by atoms with E-state index >= 15 is 0 Å². The van der Waals surface area contributed by atoms with Crippen molar-refractivity contribution in [2.45, 2.75) is 13.3 Å². The standard InChI is InChI=1S/C19H16FN3O2S/c1-12-6-8-13(9-7-12)19-21-14(11-26-19)10-17(24)22-23-18(25)15-4-2-3-5-16(15)20/h2-9,11H,10H2,1H3,(H,22,24)(H,23,25). The van der Waals surface area contributed by atoms with Crippen molar-refractivity contribution in [3.63, 3.8) is 0 Å². The molecule has 0 atom stereocenters. The molecule has 0 bridgehead atoms. The van der Waals surface area contributed by atoms with Crippen LogP contribution in [0.5, 0.6) is 0 Å². The zero-order chi connectivity index (χ0) is 18.5. The molecular formula is C19H16FN3O2S. The smallest absolute Gasteiger partial charge is 0.272 e. The highest BCUT2D eigenvalue weighted by Gasteiger charge is 2.13. The Kier molecular flexibility index (Phi) is 5.38. The highest BCUT2D eigenvalue weighted by atomic mass is 32.1. The number of aromatic nitrogens is 1. The van der Waals surface area contributed by atoms with Gasteiger partial charge in [0.2, 0.25) is 5.91 Å². The molecule has 0 aliphatic rings. The minimum Gasteiger partial charge on any atom is -0.273 e. The first-order valence-corrected chi connectivity index (χ1v) is 8.76. The van der Waals surface area contributed by atoms with Gasteiger partial charge < -0.3 is 0 Å². The van der Waals surface area contributed by atoms with Crippen molar-refractivity contribution in [2.75, 3.05) is 0 Å². The molecule has 2 aromatic carbocycles. The number of nitrogens with zero attached hydrogens (tertiary/aromatic N) is 1. The van der Waals surface area contributed by atoms with Gasteiger partial charge in [-0.1, -0.05) is 42.0 Å². The van der Waals surface area contributed by atoms with Crippen molar-refractivity contribution in [1.82, 2.24) is 15.8 Å². The van der Waals surface area contributed by atoms with Gasteiger partial charge >= 0.3 is 0 Å². The van der Waals surface area contributed by atoms with E-state index in [-0.39, 0.29) is 12.0 Å². The number of nitrogens with one attached hydrogen (secondary N) is 2. The average Bonchev–Trinajstić information content (AvgIpc) is 3.09. The summed E-state index contributed by atoms with van der Waals surface area (Å²) in [6.07, 6.45) is 0.0138. The van der Waals surface area contributed by atoms with Gasteiger partial charge in [0.25, 0.3) is 5.91 Å². The highest BCUT2D eigenvalue weighted by molar-refractivity contribution is 7.13. The molecule has 0 aliphatic carbocycles. The van der Waals surface area contributed by atoms with Gasteiger partial charge in [-0.3, -0.25) is 20.4 Å². The van der Waals surface area contributed by atoms with E-state index in [1.54, 1.807) is 11.4 Å². The predicted octanol–water partition coefficient (Wildman–Crippen LogP) is 3.26. The van der Waals surface area contributed by atoms with Crippen LogP contribution < -0.4 is 10.9 Å². The SMILES string of the molecule is Cc1ccc(-c2nc(CC(=O)NNC(=O)c3ccccc3F)cs2)cc1. The summed E-state index contributed by atoms with van der Waals surface area (Å²) in [6, 6.07) is 13.5. The van der Waals surface area contributed by atoms with Gasteiger partial charge in [0.1, 0.15) is 10.8 Å². The molecule has 3 aromatic rings. The summed E-state index contributed by atoms with van der Waals surface area (Å²) < 4.78 is 13.5. The minimum absolute atomic E-state index is 0.0138. The van der Waals surface area contributed by atoms with E-state index in [0.717, 1.165) is 16.1 Å². The van der Waals surface area contributed by atoms with Crippen molar-refractivity contribution in [1.29, 1.82) is 0 Å². The Morgan fingerprint density at radius 1 is 1.08 bits per heavy atom. The molecule has 132 valence electrons. The monoisotopic (exact) mass is 369 g/mol. The van der Waals surface area contributed by atoms with Crippen LogP contribution in [0, 0.1) is 12.7 Å². The molecule has 1 aromatic heterocycles. The molecule has 0 aliphatic heterocycles. The summed E-state index contributed by atoms with van der Waals surface area (Å²) in [5.74, 6) is -1.80. The van der Waals surface area contributed by atoms with Crippen LogP contribution in [-0.4, -0.2) is 16.8 Å². The molecule has 26 heavy (non-hydrogen) atoms. The maximum absolute atomic E-state index is 13.5. The van der Waals surface area contributed by atoms with Crippen LogP contribution in [0.15, 0.2) is 53.9 Å². The number of rotatable bonds is 4. The molecule has 0 fully saturated rings. The van der Waals surface area contributed by atoms with Gasteiger partial charge in [0, 0.05) is 10.9 Å². The zero-order valence-corrected chi connectivity index (χ0v) is 14.8. The van der Waals surface area contributed by atoms with Crippen LogP contribution in [0.3, 0.4) is 0 Å². The Morgan fingerprint density at radius 3 is 2.54 bits per heavy atom. The lowest BCUT2D eigenvalue weighted by atomic mass is 10.2. The van der Waals surface area contributed by atoms with Crippen LogP contribution >= 0.6 is 11.3 Å². The van der Waals surface area contributed by atoms with E-state index in [1.807, 2.05) is 31.2 Å². The van der Waals surface area contributed by atoms with E-state index in [9.17, 15) is 14.0 Å². The van der Waals surface area contributed by atoms with E-state index in [0.29, 0.717) is 5.69 Å². The second-order valence-corrected chi connectivity index (χ2v) is 6.53. The fourth-order valence-electron chi connectivity index (χ4n) is 2.26. The number of carbonyl (C=O) groups excluding carboxylic acids is 2. The molecule has 0 saturated heterocycles. The summed E-state index contributed by atoms with van der Waals surface area (Å²) in [4.78, 5) is 28.3. The third kappa shape index (κ3) is 4.31. The minimum atomic E-state index is -0.713. The molecule has 0 saturated carbocycles. The zero-order valence-electron chi connectivity index (χ0n) is 14.0.